The molecule has 1 aliphatic rings. The summed E-state index contributed by atoms with van der Waals surface area (Å²) in [6, 6.07) is 5.77. The number of pyridine rings is 1. The summed E-state index contributed by atoms with van der Waals surface area (Å²) in [6.45, 7) is 9.26. The van der Waals surface area contributed by atoms with E-state index in [1.807, 2.05) is 38.2 Å². The Balaban J connectivity index is 1.57. The van der Waals surface area contributed by atoms with E-state index in [1.54, 1.807) is 17.1 Å². The van der Waals surface area contributed by atoms with E-state index in [9.17, 15) is 5.11 Å². The second-order valence-electron chi connectivity index (χ2n) is 7.41. The summed E-state index contributed by atoms with van der Waals surface area (Å²) in [6.07, 6.45) is 5.34. The summed E-state index contributed by atoms with van der Waals surface area (Å²) in [5, 5.41) is 21.5. The summed E-state index contributed by atoms with van der Waals surface area (Å²) in [7, 11) is 0. The van der Waals surface area contributed by atoms with Crippen LogP contribution in [0.1, 0.15) is 19.4 Å². The first-order chi connectivity index (χ1) is 14.1. The molecule has 1 atom stereocenters. The van der Waals surface area contributed by atoms with E-state index in [0.29, 0.717) is 25.6 Å². The summed E-state index contributed by atoms with van der Waals surface area (Å²) < 4.78 is 7.09. The van der Waals surface area contributed by atoms with E-state index >= 15 is 0 Å². The highest BCUT2D eigenvalue weighted by Gasteiger charge is 2.25. The molecule has 2 aromatic heterocycles. The SMILES string of the molecule is CCNC(=NCc1ccnc(-n2cccn2)c1)NCC(C)(O)CN1CCOCC1. The van der Waals surface area contributed by atoms with Gasteiger partial charge in [0.1, 0.15) is 0 Å². The molecule has 0 amide bonds. The molecule has 1 unspecified atom stereocenters. The first kappa shape index (κ1) is 21.2. The second-order valence-corrected chi connectivity index (χ2v) is 7.41. The lowest BCUT2D eigenvalue weighted by atomic mass is 10.1. The Morgan fingerprint density at radius 1 is 1.31 bits per heavy atom. The van der Waals surface area contributed by atoms with Crippen molar-refractivity contribution in [1.82, 2.24) is 30.3 Å². The van der Waals surface area contributed by atoms with Gasteiger partial charge in [0, 0.05) is 51.3 Å². The number of morpholine rings is 1. The Morgan fingerprint density at radius 2 is 2.14 bits per heavy atom. The van der Waals surface area contributed by atoms with Crippen LogP contribution in [0.25, 0.3) is 5.82 Å². The van der Waals surface area contributed by atoms with Gasteiger partial charge < -0.3 is 20.5 Å². The zero-order valence-corrected chi connectivity index (χ0v) is 17.2. The lowest BCUT2D eigenvalue weighted by Gasteiger charge is -2.34. The van der Waals surface area contributed by atoms with E-state index in [0.717, 1.165) is 44.2 Å². The molecule has 158 valence electrons. The molecule has 1 saturated heterocycles. The first-order valence-electron chi connectivity index (χ1n) is 10.1. The molecule has 1 fully saturated rings. The van der Waals surface area contributed by atoms with Gasteiger partial charge in [-0.3, -0.25) is 4.90 Å². The van der Waals surface area contributed by atoms with Crippen molar-refractivity contribution in [3.05, 3.63) is 42.4 Å². The van der Waals surface area contributed by atoms with Gasteiger partial charge in [-0.05, 0) is 37.6 Å². The molecule has 2 aromatic rings. The fraction of sp³-hybridized carbons (Fsp3) is 0.550. The number of nitrogens with zero attached hydrogens (tertiary/aromatic N) is 5. The van der Waals surface area contributed by atoms with Crippen molar-refractivity contribution in [2.45, 2.75) is 26.0 Å². The van der Waals surface area contributed by atoms with Gasteiger partial charge in [-0.1, -0.05) is 0 Å². The Hall–Kier alpha value is -2.49. The topological polar surface area (TPSA) is 99.8 Å². The molecule has 0 bridgehead atoms. The van der Waals surface area contributed by atoms with Gasteiger partial charge in [0.15, 0.2) is 11.8 Å². The van der Waals surface area contributed by atoms with Crippen LogP contribution in [0.4, 0.5) is 0 Å². The molecule has 9 heteroatoms. The number of aliphatic hydroxyl groups is 1. The summed E-state index contributed by atoms with van der Waals surface area (Å²) >= 11 is 0. The Bertz CT molecular complexity index is 771. The van der Waals surface area contributed by atoms with Gasteiger partial charge in [-0.2, -0.15) is 5.10 Å². The minimum atomic E-state index is -0.864. The van der Waals surface area contributed by atoms with Gasteiger partial charge in [0.05, 0.1) is 25.4 Å². The largest absolute Gasteiger partial charge is 0.387 e. The molecule has 0 aliphatic carbocycles. The first-order valence-corrected chi connectivity index (χ1v) is 10.1. The number of β-amino-alcohol motifs (C(OH)–C–C–N with tert-alkyl or cyclic N) is 1. The highest BCUT2D eigenvalue weighted by Crippen LogP contribution is 2.09. The third-order valence-electron chi connectivity index (χ3n) is 4.62. The number of guanidine groups is 1. The number of rotatable bonds is 8. The van der Waals surface area contributed by atoms with Crippen molar-refractivity contribution in [2.75, 3.05) is 45.9 Å². The minimum Gasteiger partial charge on any atom is -0.387 e. The lowest BCUT2D eigenvalue weighted by Crippen LogP contribution is -2.52. The van der Waals surface area contributed by atoms with E-state index in [1.165, 1.54) is 0 Å². The molecular weight excluding hydrogens is 370 g/mol. The average molecular weight is 402 g/mol. The number of ether oxygens (including phenoxy) is 1. The average Bonchev–Trinajstić information content (AvgIpc) is 3.26. The van der Waals surface area contributed by atoms with Crippen LogP contribution >= 0.6 is 0 Å². The minimum absolute atomic E-state index is 0.408. The van der Waals surface area contributed by atoms with Gasteiger partial charge in [0.2, 0.25) is 0 Å². The summed E-state index contributed by atoms with van der Waals surface area (Å²) in [4.78, 5) is 11.2. The van der Waals surface area contributed by atoms with Crippen LogP contribution in [0.2, 0.25) is 0 Å². The van der Waals surface area contributed by atoms with Crippen LogP contribution in [-0.4, -0.2) is 82.3 Å². The van der Waals surface area contributed by atoms with Crippen molar-refractivity contribution >= 4 is 5.96 Å². The van der Waals surface area contributed by atoms with Gasteiger partial charge in [-0.15, -0.1) is 0 Å². The third-order valence-corrected chi connectivity index (χ3v) is 4.62. The van der Waals surface area contributed by atoms with Crippen LogP contribution < -0.4 is 10.6 Å². The van der Waals surface area contributed by atoms with Crippen molar-refractivity contribution in [1.29, 1.82) is 0 Å². The molecule has 3 rings (SSSR count). The quantitative estimate of drug-likeness (QED) is 0.435. The van der Waals surface area contributed by atoms with Gasteiger partial charge >= 0.3 is 0 Å². The normalized spacial score (nSPS) is 17.7. The monoisotopic (exact) mass is 401 g/mol. The van der Waals surface area contributed by atoms with Crippen molar-refractivity contribution in [2.24, 2.45) is 4.99 Å². The number of nitrogens with one attached hydrogen (secondary N) is 2. The van der Waals surface area contributed by atoms with Crippen LogP contribution in [0.3, 0.4) is 0 Å². The number of aliphatic imine (C=N–C) groups is 1. The van der Waals surface area contributed by atoms with Gasteiger partial charge in [0.25, 0.3) is 0 Å². The van der Waals surface area contributed by atoms with Crippen LogP contribution in [0.15, 0.2) is 41.8 Å². The molecule has 0 aromatic carbocycles. The molecule has 3 N–H and O–H groups in total. The number of hydrogen-bond acceptors (Lipinski definition) is 6. The van der Waals surface area contributed by atoms with Crippen LogP contribution in [0, 0.1) is 0 Å². The zero-order valence-electron chi connectivity index (χ0n) is 17.2. The third kappa shape index (κ3) is 6.81. The van der Waals surface area contributed by atoms with E-state index < -0.39 is 5.60 Å². The number of aromatic nitrogens is 3. The predicted octanol–water partition coefficient (Wildman–Crippen LogP) is 0.406. The highest BCUT2D eigenvalue weighted by molar-refractivity contribution is 5.79. The molecule has 29 heavy (non-hydrogen) atoms. The zero-order chi connectivity index (χ0) is 20.5. The molecular formula is C20H31N7O2. The fourth-order valence-electron chi connectivity index (χ4n) is 3.17. The molecule has 9 nitrogen and oxygen atoms in total. The van der Waals surface area contributed by atoms with Gasteiger partial charge in [-0.25, -0.2) is 14.7 Å². The predicted molar refractivity (Wildman–Crippen MR) is 112 cm³/mol. The van der Waals surface area contributed by atoms with E-state index in [-0.39, 0.29) is 0 Å². The molecule has 0 radical (unpaired) electrons. The molecule has 1 aliphatic heterocycles. The van der Waals surface area contributed by atoms with Crippen molar-refractivity contribution < 1.29 is 9.84 Å². The van der Waals surface area contributed by atoms with Crippen molar-refractivity contribution in [3.8, 4) is 5.82 Å². The standard InChI is InChI=1S/C20H31N7O2/c1-3-21-19(24-15-20(2,28)16-26-9-11-29-12-10-26)23-14-17-5-7-22-18(13-17)27-8-4-6-25-27/h4-8,13,28H,3,9-12,14-16H2,1-2H3,(H2,21,23,24). The van der Waals surface area contributed by atoms with E-state index in [4.69, 9.17) is 4.74 Å². The molecule has 0 spiro atoms. The molecule has 0 saturated carbocycles. The van der Waals surface area contributed by atoms with Crippen LogP contribution in [0.5, 0.6) is 0 Å². The highest BCUT2D eigenvalue weighted by atomic mass is 16.5. The van der Waals surface area contributed by atoms with Crippen molar-refractivity contribution in [3.63, 3.8) is 0 Å². The fourth-order valence-corrected chi connectivity index (χ4v) is 3.17. The maximum absolute atomic E-state index is 10.8. The molecule has 3 heterocycles. The maximum atomic E-state index is 10.8. The Labute approximate surface area is 171 Å². The smallest absolute Gasteiger partial charge is 0.191 e. The summed E-state index contributed by atoms with van der Waals surface area (Å²) in [5.41, 5.74) is 0.167. The Morgan fingerprint density at radius 3 is 2.86 bits per heavy atom. The number of hydrogen-bond donors (Lipinski definition) is 3. The lowest BCUT2D eigenvalue weighted by molar-refractivity contribution is -0.0201. The Kier molecular flexibility index (Phi) is 7.56. The second kappa shape index (κ2) is 10.3. The maximum Gasteiger partial charge on any atom is 0.191 e. The van der Waals surface area contributed by atoms with E-state index in [2.05, 4.69) is 30.6 Å². The summed E-state index contributed by atoms with van der Waals surface area (Å²) in [5.74, 6) is 1.43. The van der Waals surface area contributed by atoms with Crippen LogP contribution in [-0.2, 0) is 11.3 Å².